The molecule has 7 heteroatoms. The van der Waals surface area contributed by atoms with Gasteiger partial charge in [0.05, 0.1) is 15.8 Å². The first-order chi connectivity index (χ1) is 12.5. The molecule has 2 aromatic carbocycles. The minimum Gasteiger partial charge on any atom is -0.273 e. The van der Waals surface area contributed by atoms with Crippen molar-refractivity contribution in [2.45, 2.75) is 36.3 Å². The molecule has 26 heavy (non-hydrogen) atoms. The molecule has 1 fully saturated rings. The van der Waals surface area contributed by atoms with Crippen molar-refractivity contribution in [1.82, 2.24) is 0 Å². The van der Waals surface area contributed by atoms with Gasteiger partial charge in [0, 0.05) is 0 Å². The van der Waals surface area contributed by atoms with Gasteiger partial charge in [-0.3, -0.25) is 9.69 Å². The van der Waals surface area contributed by atoms with E-state index in [0.717, 1.165) is 12.8 Å². The minimum atomic E-state index is -3.88. The van der Waals surface area contributed by atoms with Crippen LogP contribution in [-0.2, 0) is 14.8 Å². The summed E-state index contributed by atoms with van der Waals surface area (Å²) < 4.78 is 29.3. The Morgan fingerprint density at radius 2 is 1.65 bits per heavy atom. The van der Waals surface area contributed by atoms with Crippen molar-refractivity contribution in [2.24, 2.45) is 4.40 Å². The van der Waals surface area contributed by atoms with Crippen LogP contribution in [-0.4, -0.2) is 24.7 Å². The number of hydrogen-bond acceptors (Lipinski definition) is 4. The lowest BCUT2D eigenvalue weighted by atomic mass is 10.2. The number of hydrogen-bond donors (Lipinski definition) is 0. The molecule has 0 bridgehead atoms. The van der Waals surface area contributed by atoms with Crippen LogP contribution < -0.4 is 4.90 Å². The highest BCUT2D eigenvalue weighted by Gasteiger charge is 2.39. The zero-order chi connectivity index (χ0) is 18.6. The minimum absolute atomic E-state index is 0.114. The van der Waals surface area contributed by atoms with Crippen molar-refractivity contribution in [2.75, 3.05) is 4.90 Å². The second kappa shape index (κ2) is 8.05. The summed E-state index contributed by atoms with van der Waals surface area (Å²) >= 11 is 1.23. The van der Waals surface area contributed by atoms with Crippen LogP contribution in [0, 0.1) is 0 Å². The molecule has 0 N–H and O–H groups in total. The summed E-state index contributed by atoms with van der Waals surface area (Å²) in [7, 11) is -3.88. The maximum Gasteiger partial charge on any atom is 0.284 e. The lowest BCUT2D eigenvalue weighted by Crippen LogP contribution is -2.32. The number of carbonyl (C=O) groups is 1. The molecule has 1 saturated heterocycles. The van der Waals surface area contributed by atoms with Gasteiger partial charge in [-0.1, -0.05) is 67.9 Å². The van der Waals surface area contributed by atoms with E-state index >= 15 is 0 Å². The molecule has 0 spiro atoms. The van der Waals surface area contributed by atoms with Crippen LogP contribution in [0.2, 0.25) is 0 Å². The molecule has 1 atom stereocenters. The Balaban J connectivity index is 2.00. The standard InChI is InChI=1S/C19H20N2O3S2/c1-2-3-14-17-18(22)21(15-10-6-4-7-11-15)19(25-17)20-26(23,24)16-12-8-5-9-13-16/h4-13,17H,2-3,14H2,1H3. The Kier molecular flexibility index (Phi) is 5.78. The van der Waals surface area contributed by atoms with E-state index < -0.39 is 10.0 Å². The number of anilines is 1. The highest BCUT2D eigenvalue weighted by atomic mass is 32.2. The zero-order valence-electron chi connectivity index (χ0n) is 14.4. The summed E-state index contributed by atoms with van der Waals surface area (Å²) in [6.45, 7) is 2.06. The summed E-state index contributed by atoms with van der Waals surface area (Å²) in [6.07, 6.45) is 2.59. The molecular weight excluding hydrogens is 368 g/mol. The zero-order valence-corrected chi connectivity index (χ0v) is 16.0. The quantitative estimate of drug-likeness (QED) is 0.748. The number of thioether (sulfide) groups is 1. The Labute approximate surface area is 158 Å². The molecule has 1 amide bonds. The van der Waals surface area contributed by atoms with Crippen LogP contribution in [0.15, 0.2) is 70.0 Å². The number of amides is 1. The fourth-order valence-electron chi connectivity index (χ4n) is 2.67. The normalized spacial score (nSPS) is 19.3. The third kappa shape index (κ3) is 3.99. The van der Waals surface area contributed by atoms with E-state index in [2.05, 4.69) is 11.3 Å². The number of amidine groups is 1. The highest BCUT2D eigenvalue weighted by molar-refractivity contribution is 8.16. The molecular formula is C19H20N2O3S2. The third-order valence-corrected chi connectivity index (χ3v) is 6.61. The topological polar surface area (TPSA) is 66.8 Å². The van der Waals surface area contributed by atoms with Gasteiger partial charge in [-0.05, 0) is 30.7 Å². The second-order valence-electron chi connectivity index (χ2n) is 5.92. The van der Waals surface area contributed by atoms with Crippen molar-refractivity contribution < 1.29 is 13.2 Å². The number of rotatable bonds is 6. The lowest BCUT2D eigenvalue weighted by molar-refractivity contribution is -0.117. The van der Waals surface area contributed by atoms with Gasteiger partial charge in [0.2, 0.25) is 5.91 Å². The predicted molar refractivity (Wildman–Crippen MR) is 106 cm³/mol. The molecule has 1 aliphatic rings. The Morgan fingerprint density at radius 3 is 2.27 bits per heavy atom. The van der Waals surface area contributed by atoms with Crippen LogP contribution in [0.3, 0.4) is 0 Å². The number of carbonyl (C=O) groups excluding carboxylic acids is 1. The Morgan fingerprint density at radius 1 is 1.04 bits per heavy atom. The number of nitrogens with zero attached hydrogens (tertiary/aromatic N) is 2. The summed E-state index contributed by atoms with van der Waals surface area (Å²) in [5.74, 6) is -0.114. The van der Waals surface area contributed by atoms with Gasteiger partial charge in [0.1, 0.15) is 0 Å². The van der Waals surface area contributed by atoms with E-state index in [-0.39, 0.29) is 21.2 Å². The molecule has 0 saturated carbocycles. The van der Waals surface area contributed by atoms with Gasteiger partial charge < -0.3 is 0 Å². The van der Waals surface area contributed by atoms with E-state index in [1.54, 1.807) is 30.3 Å². The second-order valence-corrected chi connectivity index (χ2v) is 8.69. The van der Waals surface area contributed by atoms with Gasteiger partial charge in [0.25, 0.3) is 10.0 Å². The largest absolute Gasteiger partial charge is 0.284 e. The maximum absolute atomic E-state index is 12.9. The fourth-order valence-corrected chi connectivity index (χ4v) is 5.07. The van der Waals surface area contributed by atoms with Crippen LogP contribution >= 0.6 is 11.8 Å². The first-order valence-corrected chi connectivity index (χ1v) is 10.8. The average molecular weight is 389 g/mol. The van der Waals surface area contributed by atoms with Gasteiger partial charge in [-0.15, -0.1) is 4.40 Å². The molecule has 0 radical (unpaired) electrons. The SMILES string of the molecule is CCCCC1SC(=NS(=O)(=O)c2ccccc2)N(c2ccccc2)C1=O. The smallest absolute Gasteiger partial charge is 0.273 e. The fraction of sp³-hybridized carbons (Fsp3) is 0.263. The lowest BCUT2D eigenvalue weighted by Gasteiger charge is -2.16. The van der Waals surface area contributed by atoms with Gasteiger partial charge in [0.15, 0.2) is 5.17 Å². The van der Waals surface area contributed by atoms with Crippen molar-refractivity contribution in [1.29, 1.82) is 0 Å². The molecule has 5 nitrogen and oxygen atoms in total. The summed E-state index contributed by atoms with van der Waals surface area (Å²) in [6, 6.07) is 17.1. The van der Waals surface area contributed by atoms with Crippen molar-refractivity contribution in [3.63, 3.8) is 0 Å². The molecule has 136 valence electrons. The monoisotopic (exact) mass is 388 g/mol. The van der Waals surface area contributed by atoms with Crippen LogP contribution in [0.5, 0.6) is 0 Å². The van der Waals surface area contributed by atoms with Crippen LogP contribution in [0.25, 0.3) is 0 Å². The number of sulfonamides is 1. The Hall–Kier alpha value is -2.12. The van der Waals surface area contributed by atoms with Gasteiger partial charge in [-0.2, -0.15) is 8.42 Å². The number of benzene rings is 2. The van der Waals surface area contributed by atoms with Gasteiger partial charge >= 0.3 is 0 Å². The first-order valence-electron chi connectivity index (χ1n) is 8.48. The number of unbranched alkanes of at least 4 members (excludes halogenated alkanes) is 1. The molecule has 1 aliphatic heterocycles. The van der Waals surface area contributed by atoms with Crippen molar-refractivity contribution >= 4 is 38.5 Å². The molecule has 1 unspecified atom stereocenters. The molecule has 3 rings (SSSR count). The molecule has 1 heterocycles. The number of para-hydroxylation sites is 1. The van der Waals surface area contributed by atoms with Crippen molar-refractivity contribution in [3.05, 3.63) is 60.7 Å². The molecule has 0 aromatic heterocycles. The molecule has 0 aliphatic carbocycles. The van der Waals surface area contributed by atoms with E-state index in [0.29, 0.717) is 12.1 Å². The van der Waals surface area contributed by atoms with Crippen LogP contribution in [0.4, 0.5) is 5.69 Å². The van der Waals surface area contributed by atoms with E-state index in [9.17, 15) is 13.2 Å². The van der Waals surface area contributed by atoms with Crippen LogP contribution in [0.1, 0.15) is 26.2 Å². The van der Waals surface area contributed by atoms with E-state index in [1.165, 1.54) is 28.8 Å². The summed E-state index contributed by atoms with van der Waals surface area (Å²) in [5, 5.41) is -0.0916. The first kappa shape index (κ1) is 18.7. The maximum atomic E-state index is 12.9. The van der Waals surface area contributed by atoms with E-state index in [1.807, 2.05) is 18.2 Å². The highest BCUT2D eigenvalue weighted by Crippen LogP contribution is 2.35. The Bertz CT molecular complexity index is 897. The third-order valence-electron chi connectivity index (χ3n) is 4.01. The van der Waals surface area contributed by atoms with Gasteiger partial charge in [-0.25, -0.2) is 0 Å². The molecule has 2 aromatic rings. The predicted octanol–water partition coefficient (Wildman–Crippen LogP) is 4.07. The van der Waals surface area contributed by atoms with E-state index in [4.69, 9.17) is 0 Å². The summed E-state index contributed by atoms with van der Waals surface area (Å²) in [4.78, 5) is 14.4. The average Bonchev–Trinajstić information content (AvgIpc) is 2.96. The van der Waals surface area contributed by atoms with Crippen molar-refractivity contribution in [3.8, 4) is 0 Å². The summed E-state index contributed by atoms with van der Waals surface area (Å²) in [5.41, 5.74) is 0.631.